The van der Waals surface area contributed by atoms with Crippen LogP contribution in [0.2, 0.25) is 0 Å². The van der Waals surface area contributed by atoms with Crippen LogP contribution < -0.4 is 4.74 Å². The highest BCUT2D eigenvalue weighted by Gasteiger charge is 2.67. The standard InChI is InChI=1S/C27H26BrNO3/c1-31-26(30)27-16-32-22-14-11-17-6-2-3-7-20(17)23(22)25(27)29-15-5-4-8-21(29)24(27)18-9-12-19(28)13-10-18/h2-3,6-7,9-14,21,24-25H,4-5,8,15-16H2,1H3/t21-,24-,25-,27+/m0/s1. The van der Waals surface area contributed by atoms with Crippen molar-refractivity contribution < 1.29 is 14.3 Å². The molecular formula is C27H26BrNO3. The van der Waals surface area contributed by atoms with Crippen LogP contribution in [-0.4, -0.2) is 37.2 Å². The number of benzene rings is 3. The number of esters is 1. The monoisotopic (exact) mass is 491 g/mol. The first-order valence-corrected chi connectivity index (χ1v) is 12.2. The van der Waals surface area contributed by atoms with E-state index in [1.54, 1.807) is 0 Å². The van der Waals surface area contributed by atoms with Crippen molar-refractivity contribution in [3.8, 4) is 5.75 Å². The number of carbonyl (C=O) groups is 1. The van der Waals surface area contributed by atoms with E-state index in [1.165, 1.54) is 29.9 Å². The van der Waals surface area contributed by atoms with Crippen LogP contribution in [0.5, 0.6) is 5.75 Å². The zero-order valence-corrected chi connectivity index (χ0v) is 19.7. The Balaban J connectivity index is 1.64. The lowest BCUT2D eigenvalue weighted by Gasteiger charge is -2.43. The van der Waals surface area contributed by atoms with Crippen LogP contribution in [0, 0.1) is 5.41 Å². The first-order valence-electron chi connectivity index (χ1n) is 11.4. The van der Waals surface area contributed by atoms with Gasteiger partial charge in [0.15, 0.2) is 0 Å². The second-order valence-corrected chi connectivity index (χ2v) is 10.2. The van der Waals surface area contributed by atoms with E-state index in [0.29, 0.717) is 6.61 Å². The normalized spacial score (nSPS) is 29.0. The molecule has 6 rings (SSSR count). The van der Waals surface area contributed by atoms with Gasteiger partial charge in [0.25, 0.3) is 0 Å². The molecular weight excluding hydrogens is 466 g/mol. The maximum absolute atomic E-state index is 13.8. The van der Waals surface area contributed by atoms with Gasteiger partial charge in [-0.05, 0) is 53.9 Å². The summed E-state index contributed by atoms with van der Waals surface area (Å²) in [6.45, 7) is 1.33. The van der Waals surface area contributed by atoms with Crippen molar-refractivity contribution in [2.24, 2.45) is 5.41 Å². The Hall–Kier alpha value is -2.37. The smallest absolute Gasteiger partial charge is 0.317 e. The Morgan fingerprint density at radius 1 is 1.09 bits per heavy atom. The Kier molecular flexibility index (Phi) is 4.81. The van der Waals surface area contributed by atoms with E-state index in [4.69, 9.17) is 9.47 Å². The minimum atomic E-state index is -0.783. The SMILES string of the molecule is COC(=O)[C@@]12COc3ccc4ccccc4c3[C@@H]1N1CCCC[C@H]1[C@@H]2c1ccc(Br)cc1. The molecule has 3 heterocycles. The molecule has 3 aliphatic rings. The minimum absolute atomic E-state index is 0.0143. The van der Waals surface area contributed by atoms with Crippen LogP contribution in [0.15, 0.2) is 65.1 Å². The van der Waals surface area contributed by atoms with Crippen molar-refractivity contribution in [1.82, 2.24) is 4.90 Å². The molecule has 164 valence electrons. The maximum Gasteiger partial charge on any atom is 0.317 e. The first kappa shape index (κ1) is 20.3. The van der Waals surface area contributed by atoms with Gasteiger partial charge in [0.2, 0.25) is 0 Å². The van der Waals surface area contributed by atoms with E-state index >= 15 is 0 Å². The topological polar surface area (TPSA) is 38.8 Å². The van der Waals surface area contributed by atoms with Gasteiger partial charge in [-0.3, -0.25) is 9.69 Å². The van der Waals surface area contributed by atoms with Crippen LogP contribution in [0.1, 0.15) is 42.3 Å². The summed E-state index contributed by atoms with van der Waals surface area (Å²) in [5.74, 6) is 0.748. The number of ether oxygens (including phenoxy) is 2. The number of nitrogens with zero attached hydrogens (tertiary/aromatic N) is 1. The molecule has 2 fully saturated rings. The highest BCUT2D eigenvalue weighted by Crippen LogP contribution is 2.64. The molecule has 3 aromatic rings. The van der Waals surface area contributed by atoms with Gasteiger partial charge in [0.1, 0.15) is 17.8 Å². The van der Waals surface area contributed by atoms with Crippen molar-refractivity contribution in [3.63, 3.8) is 0 Å². The molecule has 0 aliphatic carbocycles. The summed E-state index contributed by atoms with van der Waals surface area (Å²) in [6, 6.07) is 21.3. The van der Waals surface area contributed by atoms with Crippen LogP contribution in [0.25, 0.3) is 10.8 Å². The zero-order chi connectivity index (χ0) is 21.9. The lowest BCUT2D eigenvalue weighted by Crippen LogP contribution is -2.48. The minimum Gasteiger partial charge on any atom is -0.492 e. The Morgan fingerprint density at radius 3 is 2.72 bits per heavy atom. The average molecular weight is 492 g/mol. The summed E-state index contributed by atoms with van der Waals surface area (Å²) in [6.07, 6.45) is 3.41. The zero-order valence-electron chi connectivity index (χ0n) is 18.1. The van der Waals surface area contributed by atoms with Gasteiger partial charge in [-0.15, -0.1) is 0 Å². The molecule has 3 aliphatic heterocycles. The molecule has 0 saturated carbocycles. The van der Waals surface area contributed by atoms with Crippen molar-refractivity contribution in [2.45, 2.75) is 37.3 Å². The number of hydrogen-bond acceptors (Lipinski definition) is 4. The predicted octanol–water partition coefficient (Wildman–Crippen LogP) is 5.85. The molecule has 0 bridgehead atoms. The predicted molar refractivity (Wildman–Crippen MR) is 128 cm³/mol. The van der Waals surface area contributed by atoms with Gasteiger partial charge in [-0.1, -0.05) is 64.8 Å². The molecule has 0 aromatic heterocycles. The largest absolute Gasteiger partial charge is 0.492 e. The lowest BCUT2D eigenvalue weighted by atomic mass is 9.65. The number of fused-ring (bicyclic) bond motifs is 7. The quantitative estimate of drug-likeness (QED) is 0.421. The second-order valence-electron chi connectivity index (χ2n) is 9.25. The van der Waals surface area contributed by atoms with E-state index in [-0.39, 0.29) is 24.0 Å². The fourth-order valence-corrected chi connectivity index (χ4v) is 6.88. The number of hydrogen-bond donors (Lipinski definition) is 0. The average Bonchev–Trinajstić information content (AvgIpc) is 3.15. The maximum atomic E-state index is 13.8. The fraction of sp³-hybridized carbons (Fsp3) is 0.370. The third-order valence-electron chi connectivity index (χ3n) is 7.82. The van der Waals surface area contributed by atoms with Crippen molar-refractivity contribution in [2.75, 3.05) is 20.3 Å². The number of rotatable bonds is 2. The summed E-state index contributed by atoms with van der Waals surface area (Å²) < 4.78 is 13.0. The number of halogens is 1. The second kappa shape index (κ2) is 7.60. The molecule has 4 atom stereocenters. The van der Waals surface area contributed by atoms with Crippen LogP contribution in [-0.2, 0) is 9.53 Å². The van der Waals surface area contributed by atoms with Crippen LogP contribution >= 0.6 is 15.9 Å². The van der Waals surface area contributed by atoms with Crippen molar-refractivity contribution in [1.29, 1.82) is 0 Å². The van der Waals surface area contributed by atoms with Crippen molar-refractivity contribution >= 4 is 32.7 Å². The summed E-state index contributed by atoms with van der Waals surface area (Å²) in [4.78, 5) is 16.4. The molecule has 5 heteroatoms. The number of piperidine rings is 1. The summed E-state index contributed by atoms with van der Waals surface area (Å²) in [7, 11) is 1.52. The molecule has 0 amide bonds. The van der Waals surface area contributed by atoms with E-state index in [2.05, 4.69) is 81.5 Å². The number of carbonyl (C=O) groups excluding carboxylic acids is 1. The third kappa shape index (κ3) is 2.74. The summed E-state index contributed by atoms with van der Waals surface area (Å²) in [5, 5.41) is 2.35. The molecule has 0 unspecified atom stereocenters. The molecule has 0 radical (unpaired) electrons. The number of methoxy groups -OCH3 is 1. The van der Waals surface area contributed by atoms with Gasteiger partial charge < -0.3 is 9.47 Å². The summed E-state index contributed by atoms with van der Waals surface area (Å²) >= 11 is 3.57. The fourth-order valence-electron chi connectivity index (χ4n) is 6.62. The molecule has 4 nitrogen and oxygen atoms in total. The van der Waals surface area contributed by atoms with E-state index < -0.39 is 5.41 Å². The van der Waals surface area contributed by atoms with Gasteiger partial charge in [0, 0.05) is 22.0 Å². The summed E-state index contributed by atoms with van der Waals surface area (Å²) in [5.41, 5.74) is 1.55. The highest BCUT2D eigenvalue weighted by molar-refractivity contribution is 9.10. The molecule has 0 N–H and O–H groups in total. The lowest BCUT2D eigenvalue weighted by molar-refractivity contribution is -0.159. The Morgan fingerprint density at radius 2 is 1.91 bits per heavy atom. The highest BCUT2D eigenvalue weighted by atomic mass is 79.9. The van der Waals surface area contributed by atoms with Gasteiger partial charge >= 0.3 is 5.97 Å². The van der Waals surface area contributed by atoms with Crippen molar-refractivity contribution in [3.05, 3.63) is 76.3 Å². The molecule has 32 heavy (non-hydrogen) atoms. The van der Waals surface area contributed by atoms with E-state index in [1.807, 2.05) is 0 Å². The molecule has 2 saturated heterocycles. The van der Waals surface area contributed by atoms with E-state index in [0.717, 1.165) is 35.2 Å². The van der Waals surface area contributed by atoms with Gasteiger partial charge in [-0.25, -0.2) is 0 Å². The van der Waals surface area contributed by atoms with Crippen LogP contribution in [0.4, 0.5) is 0 Å². The van der Waals surface area contributed by atoms with Crippen LogP contribution in [0.3, 0.4) is 0 Å². The molecule has 3 aromatic carbocycles. The van der Waals surface area contributed by atoms with Gasteiger partial charge in [-0.2, -0.15) is 0 Å². The Labute approximate surface area is 196 Å². The third-order valence-corrected chi connectivity index (χ3v) is 8.35. The van der Waals surface area contributed by atoms with Gasteiger partial charge in [0.05, 0.1) is 13.2 Å². The first-order chi connectivity index (χ1) is 15.6. The van der Waals surface area contributed by atoms with E-state index in [9.17, 15) is 4.79 Å². The Bertz CT molecular complexity index is 1190. The molecule has 0 spiro atoms.